The van der Waals surface area contributed by atoms with Crippen LogP contribution in [0, 0.1) is 0 Å². The van der Waals surface area contributed by atoms with E-state index in [0.29, 0.717) is 23.0 Å². The summed E-state index contributed by atoms with van der Waals surface area (Å²) in [7, 11) is 0. The zero-order valence-electron chi connectivity index (χ0n) is 14.2. The smallest absolute Gasteiger partial charge is 0.347 e. The van der Waals surface area contributed by atoms with Gasteiger partial charge in [-0.15, -0.1) is 0 Å². The van der Waals surface area contributed by atoms with E-state index in [-0.39, 0.29) is 17.1 Å². The molecule has 1 fully saturated rings. The van der Waals surface area contributed by atoms with Gasteiger partial charge in [0.05, 0.1) is 17.5 Å². The number of hydrogen-bond donors (Lipinski definition) is 0. The standard InChI is InChI=1S/C20H17NO3S2/c1-2-24-20(23)17-19-21(14-10-6-7-11-15(14)25-17)18(22)16(26-19)12-13-8-4-3-5-9-13/h3-11,16H,2,12H2,1H3. The van der Waals surface area contributed by atoms with E-state index in [0.717, 1.165) is 16.1 Å². The third kappa shape index (κ3) is 3.04. The second kappa shape index (κ2) is 7.21. The van der Waals surface area contributed by atoms with Crippen LogP contribution < -0.4 is 4.90 Å². The van der Waals surface area contributed by atoms with Crippen molar-refractivity contribution < 1.29 is 14.3 Å². The van der Waals surface area contributed by atoms with E-state index in [4.69, 9.17) is 4.74 Å². The lowest BCUT2D eigenvalue weighted by molar-refractivity contribution is -0.137. The van der Waals surface area contributed by atoms with Crippen LogP contribution in [0.3, 0.4) is 0 Å². The fraction of sp³-hybridized carbons (Fsp3) is 0.200. The Balaban J connectivity index is 1.73. The Labute approximate surface area is 160 Å². The Morgan fingerprint density at radius 2 is 1.85 bits per heavy atom. The molecule has 1 unspecified atom stereocenters. The van der Waals surface area contributed by atoms with E-state index < -0.39 is 0 Å². The summed E-state index contributed by atoms with van der Waals surface area (Å²) in [6, 6.07) is 17.6. The highest BCUT2D eigenvalue weighted by Gasteiger charge is 2.44. The Morgan fingerprint density at radius 1 is 1.12 bits per heavy atom. The molecule has 0 aliphatic carbocycles. The number of rotatable bonds is 4. The lowest BCUT2D eigenvalue weighted by atomic mass is 10.1. The van der Waals surface area contributed by atoms with Crippen molar-refractivity contribution in [2.45, 2.75) is 23.5 Å². The molecule has 4 rings (SSSR count). The van der Waals surface area contributed by atoms with Crippen LogP contribution in [-0.2, 0) is 20.7 Å². The summed E-state index contributed by atoms with van der Waals surface area (Å²) in [5.41, 5.74) is 1.95. The minimum absolute atomic E-state index is 0.0170. The number of hydrogen-bond acceptors (Lipinski definition) is 5. The lowest BCUT2D eigenvalue weighted by Gasteiger charge is -2.26. The molecule has 2 aliphatic rings. The number of thioether (sulfide) groups is 2. The van der Waals surface area contributed by atoms with E-state index in [1.54, 1.807) is 11.8 Å². The number of para-hydroxylation sites is 1. The lowest BCUT2D eigenvalue weighted by Crippen LogP contribution is -2.32. The molecule has 4 nitrogen and oxygen atoms in total. The molecule has 1 atom stereocenters. The summed E-state index contributed by atoms with van der Waals surface area (Å²) in [5, 5.41) is 0.446. The fourth-order valence-corrected chi connectivity index (χ4v) is 5.49. The fourth-order valence-electron chi connectivity index (χ4n) is 3.03. The van der Waals surface area contributed by atoms with Gasteiger partial charge in [-0.2, -0.15) is 0 Å². The Bertz CT molecular complexity index is 895. The van der Waals surface area contributed by atoms with Crippen molar-refractivity contribution in [1.82, 2.24) is 0 Å². The topological polar surface area (TPSA) is 46.6 Å². The monoisotopic (exact) mass is 383 g/mol. The van der Waals surface area contributed by atoms with E-state index in [9.17, 15) is 9.59 Å². The van der Waals surface area contributed by atoms with Crippen molar-refractivity contribution in [3.8, 4) is 0 Å². The van der Waals surface area contributed by atoms with Crippen molar-refractivity contribution in [2.75, 3.05) is 11.5 Å². The Kier molecular flexibility index (Phi) is 4.78. The van der Waals surface area contributed by atoms with Crippen molar-refractivity contribution in [3.63, 3.8) is 0 Å². The summed E-state index contributed by atoms with van der Waals surface area (Å²) in [5.74, 6) is -0.351. The molecular formula is C20H17NO3S2. The highest BCUT2D eigenvalue weighted by molar-refractivity contribution is 8.08. The van der Waals surface area contributed by atoms with E-state index >= 15 is 0 Å². The molecule has 0 bridgehead atoms. The van der Waals surface area contributed by atoms with Crippen LogP contribution in [0.4, 0.5) is 5.69 Å². The first-order chi connectivity index (χ1) is 12.7. The molecule has 2 aromatic rings. The molecule has 2 aromatic carbocycles. The number of carbonyl (C=O) groups is 2. The van der Waals surface area contributed by atoms with E-state index in [2.05, 4.69) is 0 Å². The number of anilines is 1. The third-order valence-corrected chi connectivity index (χ3v) is 6.71. The predicted octanol–water partition coefficient (Wildman–Crippen LogP) is 4.22. The molecule has 0 radical (unpaired) electrons. The molecule has 2 heterocycles. The van der Waals surface area contributed by atoms with Gasteiger partial charge in [0, 0.05) is 4.90 Å². The number of amides is 1. The van der Waals surface area contributed by atoms with Crippen molar-refractivity contribution in [2.24, 2.45) is 0 Å². The van der Waals surface area contributed by atoms with Crippen molar-refractivity contribution in [1.29, 1.82) is 0 Å². The van der Waals surface area contributed by atoms with Gasteiger partial charge in [-0.25, -0.2) is 4.79 Å². The summed E-state index contributed by atoms with van der Waals surface area (Å²) < 4.78 is 5.22. The molecule has 0 N–H and O–H groups in total. The van der Waals surface area contributed by atoms with Gasteiger partial charge in [-0.1, -0.05) is 66.0 Å². The van der Waals surface area contributed by atoms with Gasteiger partial charge >= 0.3 is 5.97 Å². The third-order valence-electron chi connectivity index (χ3n) is 4.19. The van der Waals surface area contributed by atoms with Gasteiger partial charge in [0.15, 0.2) is 0 Å². The molecule has 0 aromatic heterocycles. The average Bonchev–Trinajstić information content (AvgIpc) is 2.99. The maximum Gasteiger partial charge on any atom is 0.347 e. The van der Waals surface area contributed by atoms with Gasteiger partial charge < -0.3 is 4.74 Å². The van der Waals surface area contributed by atoms with Crippen LogP contribution in [0.1, 0.15) is 12.5 Å². The van der Waals surface area contributed by atoms with Gasteiger partial charge in [-0.05, 0) is 31.0 Å². The summed E-state index contributed by atoms with van der Waals surface area (Å²) in [6.07, 6.45) is 0.632. The van der Waals surface area contributed by atoms with Gasteiger partial charge in [0.25, 0.3) is 0 Å². The van der Waals surface area contributed by atoms with Crippen LogP contribution in [0.2, 0.25) is 0 Å². The second-order valence-electron chi connectivity index (χ2n) is 5.89. The highest BCUT2D eigenvalue weighted by atomic mass is 32.2. The normalized spacial score (nSPS) is 18.6. The molecular weight excluding hydrogens is 366 g/mol. The van der Waals surface area contributed by atoms with Gasteiger partial charge in [0.2, 0.25) is 5.91 Å². The number of nitrogens with zero attached hydrogens (tertiary/aromatic N) is 1. The van der Waals surface area contributed by atoms with Crippen molar-refractivity contribution in [3.05, 3.63) is 70.1 Å². The van der Waals surface area contributed by atoms with Crippen LogP contribution in [0.5, 0.6) is 0 Å². The summed E-state index contributed by atoms with van der Waals surface area (Å²) in [6.45, 7) is 2.09. The number of ether oxygens (including phenoxy) is 1. The largest absolute Gasteiger partial charge is 0.462 e. The molecule has 1 amide bonds. The first-order valence-corrected chi connectivity index (χ1v) is 10.1. The van der Waals surface area contributed by atoms with Gasteiger partial charge in [0.1, 0.15) is 9.93 Å². The number of carbonyl (C=O) groups excluding carboxylic acids is 2. The molecule has 26 heavy (non-hydrogen) atoms. The molecule has 0 saturated carbocycles. The van der Waals surface area contributed by atoms with E-state index in [1.807, 2.05) is 54.6 Å². The molecule has 2 aliphatic heterocycles. The quantitative estimate of drug-likeness (QED) is 0.740. The molecule has 0 spiro atoms. The number of esters is 1. The minimum atomic E-state index is -0.368. The first-order valence-electron chi connectivity index (χ1n) is 8.42. The average molecular weight is 383 g/mol. The highest BCUT2D eigenvalue weighted by Crippen LogP contribution is 2.52. The van der Waals surface area contributed by atoms with E-state index in [1.165, 1.54) is 23.5 Å². The SMILES string of the molecule is CCOC(=O)C1=C2SC(Cc3ccccc3)C(=O)N2c2ccccc2S1. The predicted molar refractivity (Wildman–Crippen MR) is 105 cm³/mol. The minimum Gasteiger partial charge on any atom is -0.462 e. The molecule has 1 saturated heterocycles. The van der Waals surface area contributed by atoms with Crippen LogP contribution in [0.25, 0.3) is 0 Å². The second-order valence-corrected chi connectivity index (χ2v) is 8.14. The molecule has 6 heteroatoms. The maximum absolute atomic E-state index is 13.1. The van der Waals surface area contributed by atoms with Crippen molar-refractivity contribution >= 4 is 41.1 Å². The summed E-state index contributed by atoms with van der Waals surface area (Å²) in [4.78, 5) is 28.7. The van der Waals surface area contributed by atoms with Crippen LogP contribution >= 0.6 is 23.5 Å². The zero-order chi connectivity index (χ0) is 18.1. The Hall–Kier alpha value is -2.18. The zero-order valence-corrected chi connectivity index (χ0v) is 15.8. The van der Waals surface area contributed by atoms with Crippen LogP contribution in [-0.4, -0.2) is 23.7 Å². The number of benzene rings is 2. The first kappa shape index (κ1) is 17.2. The van der Waals surface area contributed by atoms with Gasteiger partial charge in [-0.3, -0.25) is 9.69 Å². The summed E-state index contributed by atoms with van der Waals surface area (Å²) >= 11 is 2.84. The maximum atomic E-state index is 13.1. The Morgan fingerprint density at radius 3 is 2.62 bits per heavy atom. The molecule has 132 valence electrons. The van der Waals surface area contributed by atoms with Crippen LogP contribution in [0.15, 0.2) is 69.4 Å². The number of fused-ring (bicyclic) bond motifs is 3.